The van der Waals surface area contributed by atoms with Crippen molar-refractivity contribution in [2.75, 3.05) is 13.7 Å². The first-order valence-corrected chi connectivity index (χ1v) is 12.2. The SMILES string of the molecule is CCOc1ccc2nc(Cl)c([C@H]3CC(c4cccc(OC)c4)=NN3C(=O)c3ccsc3)cc2c1. The molecule has 2 aromatic carbocycles. The van der Waals surface area contributed by atoms with Crippen molar-refractivity contribution in [3.63, 3.8) is 0 Å². The molecule has 0 aliphatic carbocycles. The summed E-state index contributed by atoms with van der Waals surface area (Å²) in [5.41, 5.74) is 3.78. The van der Waals surface area contributed by atoms with Crippen LogP contribution in [0.4, 0.5) is 0 Å². The number of nitrogens with zero attached hydrogens (tertiary/aromatic N) is 3. The van der Waals surface area contributed by atoms with Crippen LogP contribution in [0.2, 0.25) is 5.15 Å². The molecule has 1 aliphatic heterocycles. The number of amides is 1. The van der Waals surface area contributed by atoms with Crippen LogP contribution < -0.4 is 9.47 Å². The number of hydrogen-bond donors (Lipinski definition) is 0. The Hall–Kier alpha value is -3.42. The van der Waals surface area contributed by atoms with Crippen molar-refractivity contribution in [3.05, 3.63) is 87.2 Å². The van der Waals surface area contributed by atoms with Crippen LogP contribution in [0.5, 0.6) is 11.5 Å². The molecule has 172 valence electrons. The maximum Gasteiger partial charge on any atom is 0.275 e. The Labute approximate surface area is 206 Å². The zero-order valence-electron chi connectivity index (χ0n) is 18.7. The van der Waals surface area contributed by atoms with Gasteiger partial charge in [-0.15, -0.1) is 0 Å². The number of fused-ring (bicyclic) bond motifs is 1. The van der Waals surface area contributed by atoms with E-state index in [0.29, 0.717) is 23.7 Å². The predicted octanol–water partition coefficient (Wildman–Crippen LogP) is 6.35. The van der Waals surface area contributed by atoms with Crippen molar-refractivity contribution in [2.45, 2.75) is 19.4 Å². The lowest BCUT2D eigenvalue weighted by molar-refractivity contribution is 0.0711. The first-order chi connectivity index (χ1) is 16.6. The second kappa shape index (κ2) is 9.44. The van der Waals surface area contributed by atoms with E-state index in [0.717, 1.165) is 39.2 Å². The monoisotopic (exact) mass is 491 g/mol. The smallest absolute Gasteiger partial charge is 0.275 e. The maximum atomic E-state index is 13.4. The fourth-order valence-electron chi connectivity index (χ4n) is 4.07. The van der Waals surface area contributed by atoms with Crippen molar-refractivity contribution in [1.29, 1.82) is 0 Å². The number of methoxy groups -OCH3 is 1. The molecule has 3 heterocycles. The maximum absolute atomic E-state index is 13.4. The van der Waals surface area contributed by atoms with Crippen LogP contribution in [0.3, 0.4) is 0 Å². The number of hydrazone groups is 1. The van der Waals surface area contributed by atoms with E-state index in [4.69, 9.17) is 26.2 Å². The van der Waals surface area contributed by atoms with E-state index in [1.807, 2.05) is 66.2 Å². The van der Waals surface area contributed by atoms with Gasteiger partial charge in [-0.3, -0.25) is 4.79 Å². The summed E-state index contributed by atoms with van der Waals surface area (Å²) in [6, 6.07) is 16.8. The zero-order chi connectivity index (χ0) is 23.7. The van der Waals surface area contributed by atoms with Crippen LogP contribution in [0, 0.1) is 0 Å². The molecule has 5 rings (SSSR count). The fourth-order valence-corrected chi connectivity index (χ4v) is 4.97. The normalized spacial score (nSPS) is 15.4. The molecule has 1 aliphatic rings. The number of halogens is 1. The van der Waals surface area contributed by atoms with Gasteiger partial charge in [0.2, 0.25) is 0 Å². The fraction of sp³-hybridized carbons (Fsp3) is 0.192. The number of aromatic nitrogens is 1. The van der Waals surface area contributed by atoms with Gasteiger partial charge >= 0.3 is 0 Å². The van der Waals surface area contributed by atoms with E-state index in [1.54, 1.807) is 13.2 Å². The minimum absolute atomic E-state index is 0.177. The van der Waals surface area contributed by atoms with Gasteiger partial charge in [0, 0.05) is 28.3 Å². The van der Waals surface area contributed by atoms with Gasteiger partial charge in [0.05, 0.1) is 36.6 Å². The summed E-state index contributed by atoms with van der Waals surface area (Å²) >= 11 is 8.14. The number of hydrogen-bond acceptors (Lipinski definition) is 6. The molecule has 2 aromatic heterocycles. The third-order valence-corrected chi connectivity index (χ3v) is 6.71. The van der Waals surface area contributed by atoms with E-state index >= 15 is 0 Å². The summed E-state index contributed by atoms with van der Waals surface area (Å²) in [7, 11) is 1.63. The Morgan fingerprint density at radius 2 is 2.06 bits per heavy atom. The van der Waals surface area contributed by atoms with Gasteiger partial charge in [0.1, 0.15) is 16.7 Å². The molecular formula is C26H22ClN3O3S. The van der Waals surface area contributed by atoms with E-state index < -0.39 is 6.04 Å². The number of carbonyl (C=O) groups is 1. The lowest BCUT2D eigenvalue weighted by Crippen LogP contribution is -2.27. The molecule has 0 radical (unpaired) electrons. The summed E-state index contributed by atoms with van der Waals surface area (Å²) in [6.45, 7) is 2.52. The molecule has 0 unspecified atom stereocenters. The molecule has 0 saturated heterocycles. The Morgan fingerprint density at radius 1 is 1.18 bits per heavy atom. The van der Waals surface area contributed by atoms with Gasteiger partial charge in [-0.1, -0.05) is 23.7 Å². The van der Waals surface area contributed by atoms with Crippen molar-refractivity contribution in [2.24, 2.45) is 5.10 Å². The van der Waals surface area contributed by atoms with E-state index in [2.05, 4.69) is 4.98 Å². The molecular weight excluding hydrogens is 470 g/mol. The van der Waals surface area contributed by atoms with Gasteiger partial charge in [0.25, 0.3) is 5.91 Å². The quantitative estimate of drug-likeness (QED) is 0.295. The highest BCUT2D eigenvalue weighted by molar-refractivity contribution is 7.08. The summed E-state index contributed by atoms with van der Waals surface area (Å²) < 4.78 is 11.0. The summed E-state index contributed by atoms with van der Waals surface area (Å²) in [5.74, 6) is 1.31. The molecule has 4 aromatic rings. The van der Waals surface area contributed by atoms with E-state index in [-0.39, 0.29) is 5.91 Å². The largest absolute Gasteiger partial charge is 0.497 e. The number of ether oxygens (including phenoxy) is 2. The molecule has 34 heavy (non-hydrogen) atoms. The Bertz CT molecular complexity index is 1390. The highest BCUT2D eigenvalue weighted by Crippen LogP contribution is 2.39. The van der Waals surface area contributed by atoms with E-state index in [9.17, 15) is 4.79 Å². The number of benzene rings is 2. The average molecular weight is 492 g/mol. The van der Waals surface area contributed by atoms with Crippen molar-refractivity contribution in [3.8, 4) is 11.5 Å². The standard InChI is InChI=1S/C26H22ClN3O3S/c1-3-33-20-7-8-22-18(12-20)13-21(25(27)28-22)24-14-23(16-5-4-6-19(11-16)32-2)29-30(24)26(31)17-9-10-34-15-17/h4-13,15,24H,3,14H2,1-2H3/t24-/m1/s1. The summed E-state index contributed by atoms with van der Waals surface area (Å²) in [5, 5.41) is 11.2. The predicted molar refractivity (Wildman–Crippen MR) is 135 cm³/mol. The molecule has 0 saturated carbocycles. The van der Waals surface area contributed by atoms with Crippen LogP contribution >= 0.6 is 22.9 Å². The molecule has 1 atom stereocenters. The second-order valence-electron chi connectivity index (χ2n) is 7.82. The number of carbonyl (C=O) groups excluding carboxylic acids is 1. The first-order valence-electron chi connectivity index (χ1n) is 10.9. The topological polar surface area (TPSA) is 64.0 Å². The number of thiophene rings is 1. The first kappa shape index (κ1) is 22.4. The highest BCUT2D eigenvalue weighted by Gasteiger charge is 2.35. The molecule has 0 N–H and O–H groups in total. The molecule has 0 bridgehead atoms. The van der Waals surface area contributed by atoms with Gasteiger partial charge in [-0.2, -0.15) is 16.4 Å². The van der Waals surface area contributed by atoms with E-state index in [1.165, 1.54) is 16.3 Å². The molecule has 0 spiro atoms. The highest BCUT2D eigenvalue weighted by atomic mass is 35.5. The molecule has 6 nitrogen and oxygen atoms in total. The van der Waals surface area contributed by atoms with Crippen molar-refractivity contribution in [1.82, 2.24) is 9.99 Å². The van der Waals surface area contributed by atoms with Crippen LogP contribution in [-0.4, -0.2) is 35.3 Å². The third kappa shape index (κ3) is 4.24. The molecule has 8 heteroatoms. The second-order valence-corrected chi connectivity index (χ2v) is 8.95. The minimum Gasteiger partial charge on any atom is -0.497 e. The Morgan fingerprint density at radius 3 is 2.82 bits per heavy atom. The number of pyridine rings is 1. The Balaban J connectivity index is 1.59. The average Bonchev–Trinajstić information content (AvgIpc) is 3.54. The lowest BCUT2D eigenvalue weighted by atomic mass is 9.98. The van der Waals surface area contributed by atoms with Crippen molar-refractivity contribution >= 4 is 45.5 Å². The van der Waals surface area contributed by atoms with Gasteiger partial charge in [-0.25, -0.2) is 9.99 Å². The van der Waals surface area contributed by atoms with Crippen LogP contribution in [0.15, 0.2) is 70.5 Å². The Kier molecular flexibility index (Phi) is 6.22. The van der Waals surface area contributed by atoms with Crippen LogP contribution in [0.1, 0.15) is 40.9 Å². The minimum atomic E-state index is -0.395. The lowest BCUT2D eigenvalue weighted by Gasteiger charge is -2.22. The van der Waals surface area contributed by atoms with Crippen molar-refractivity contribution < 1.29 is 14.3 Å². The van der Waals surface area contributed by atoms with Crippen LogP contribution in [0.25, 0.3) is 10.9 Å². The third-order valence-electron chi connectivity index (χ3n) is 5.73. The summed E-state index contributed by atoms with van der Waals surface area (Å²) in [4.78, 5) is 18.0. The van der Waals surface area contributed by atoms with Gasteiger partial charge in [-0.05, 0) is 54.8 Å². The summed E-state index contributed by atoms with van der Waals surface area (Å²) in [6.07, 6.45) is 0.501. The number of rotatable bonds is 6. The zero-order valence-corrected chi connectivity index (χ0v) is 20.3. The van der Waals surface area contributed by atoms with Gasteiger partial charge in [0.15, 0.2) is 0 Å². The molecule has 0 fully saturated rings. The van der Waals surface area contributed by atoms with Crippen LogP contribution in [-0.2, 0) is 0 Å². The molecule has 1 amide bonds. The van der Waals surface area contributed by atoms with Gasteiger partial charge < -0.3 is 9.47 Å².